The van der Waals surface area contributed by atoms with Crippen molar-refractivity contribution >= 4 is 24.8 Å². The summed E-state index contributed by atoms with van der Waals surface area (Å²) in [7, 11) is 0. The fraction of sp³-hybridized carbons (Fsp3) is 0.0976. The van der Waals surface area contributed by atoms with E-state index in [0.717, 1.165) is 19.3 Å². The molecule has 8 rings (SSSR count). The number of halogens is 2. The molecule has 0 nitrogen and oxygen atoms in total. The summed E-state index contributed by atoms with van der Waals surface area (Å²) in [4.78, 5) is 0. The van der Waals surface area contributed by atoms with Gasteiger partial charge in [0.25, 0.3) is 0 Å². The van der Waals surface area contributed by atoms with Crippen LogP contribution in [0.1, 0.15) is 32.3 Å². The van der Waals surface area contributed by atoms with Gasteiger partial charge in [0.1, 0.15) is 0 Å². The van der Waals surface area contributed by atoms with Crippen molar-refractivity contribution in [1.29, 1.82) is 0 Å². The van der Waals surface area contributed by atoms with Crippen molar-refractivity contribution in [3.8, 4) is 11.1 Å². The van der Waals surface area contributed by atoms with E-state index < -0.39 is 21.3 Å². The molecule has 2 aliphatic carbocycles. The molecule has 0 radical (unpaired) electrons. The van der Waals surface area contributed by atoms with E-state index in [1.54, 1.807) is 17.6 Å². The monoisotopic (exact) mass is 684 g/mol. The molecule has 2 aliphatic rings. The van der Waals surface area contributed by atoms with Crippen molar-refractivity contribution in [3.63, 3.8) is 0 Å². The maximum atomic E-state index is 2.49. The van der Waals surface area contributed by atoms with Crippen LogP contribution in [0.3, 0.4) is 0 Å². The van der Waals surface area contributed by atoms with Gasteiger partial charge in [0.05, 0.1) is 0 Å². The predicted octanol–water partition coefficient (Wildman–Crippen LogP) is 4.19. The van der Waals surface area contributed by atoms with Gasteiger partial charge < -0.3 is 24.8 Å². The molecule has 44 heavy (non-hydrogen) atoms. The molecule has 0 aromatic heterocycles. The first-order valence-electron chi connectivity index (χ1n) is 15.1. The molecule has 6 aromatic carbocycles. The topological polar surface area (TPSA) is 0 Å². The van der Waals surface area contributed by atoms with E-state index in [4.69, 9.17) is 0 Å². The van der Waals surface area contributed by atoms with E-state index in [2.05, 4.69) is 152 Å². The zero-order valence-corrected chi connectivity index (χ0v) is 28.4. The smallest absolute Gasteiger partial charge is 1.00 e. The van der Waals surface area contributed by atoms with E-state index in [9.17, 15) is 0 Å². The van der Waals surface area contributed by atoms with Gasteiger partial charge >= 0.3 is 257 Å². The van der Waals surface area contributed by atoms with Gasteiger partial charge in [0.2, 0.25) is 0 Å². The van der Waals surface area contributed by atoms with Crippen LogP contribution in [0.4, 0.5) is 0 Å². The van der Waals surface area contributed by atoms with Gasteiger partial charge in [0.15, 0.2) is 0 Å². The normalized spacial score (nSPS) is 14.2. The van der Waals surface area contributed by atoms with Crippen LogP contribution >= 0.6 is 0 Å². The summed E-state index contributed by atoms with van der Waals surface area (Å²) in [5.41, 5.74) is 8.93. The summed E-state index contributed by atoms with van der Waals surface area (Å²) >= 11 is -2.58. The first-order valence-corrected chi connectivity index (χ1v) is 18.9. The second kappa shape index (κ2) is 13.3. The second-order valence-electron chi connectivity index (χ2n) is 11.6. The molecular weight excluding hydrogens is 655 g/mol. The van der Waals surface area contributed by atoms with Crippen LogP contribution in [0.25, 0.3) is 32.7 Å². The van der Waals surface area contributed by atoms with E-state index in [0.29, 0.717) is 3.63 Å². The molecule has 0 heterocycles. The van der Waals surface area contributed by atoms with Crippen molar-refractivity contribution in [2.75, 3.05) is 0 Å². The fourth-order valence-electron chi connectivity index (χ4n) is 7.39. The number of hydrogen-bond donors (Lipinski definition) is 0. The minimum absolute atomic E-state index is 0. The zero-order chi connectivity index (χ0) is 27.9. The summed E-state index contributed by atoms with van der Waals surface area (Å²) in [5.74, 6) is 0. The third kappa shape index (κ3) is 5.41. The Hall–Kier alpha value is -3.35. The minimum atomic E-state index is -2.58. The molecule has 0 bridgehead atoms. The number of hydrogen-bond acceptors (Lipinski definition) is 0. The number of allylic oxidation sites excluding steroid dienone is 4. The van der Waals surface area contributed by atoms with Crippen molar-refractivity contribution in [2.24, 2.45) is 0 Å². The van der Waals surface area contributed by atoms with E-state index in [1.165, 1.54) is 43.8 Å². The van der Waals surface area contributed by atoms with Gasteiger partial charge in [-0.1, -0.05) is 0 Å². The fourth-order valence-corrected chi connectivity index (χ4v) is 16.7. The molecule has 0 aliphatic heterocycles. The van der Waals surface area contributed by atoms with Crippen LogP contribution in [-0.4, -0.2) is 3.21 Å². The first-order chi connectivity index (χ1) is 20.9. The molecule has 0 fully saturated rings. The summed E-state index contributed by atoms with van der Waals surface area (Å²) in [6.45, 7) is 0. The van der Waals surface area contributed by atoms with Crippen molar-refractivity contribution in [3.05, 3.63) is 177 Å². The molecule has 214 valence electrons. The molecule has 0 N–H and O–H groups in total. The van der Waals surface area contributed by atoms with Crippen molar-refractivity contribution in [2.45, 2.75) is 22.9 Å². The Morgan fingerprint density at radius 2 is 1.09 bits per heavy atom. The molecule has 3 heteroatoms. The molecule has 0 saturated heterocycles. The van der Waals surface area contributed by atoms with E-state index >= 15 is 0 Å². The van der Waals surface area contributed by atoms with Gasteiger partial charge in [-0.05, 0) is 0 Å². The molecular formula is C41H32Cl2Zr. The van der Waals surface area contributed by atoms with Crippen molar-refractivity contribution in [1.82, 2.24) is 0 Å². The van der Waals surface area contributed by atoms with Crippen LogP contribution in [0.2, 0.25) is 0 Å². The van der Waals surface area contributed by atoms with Gasteiger partial charge in [0, 0.05) is 0 Å². The minimum Gasteiger partial charge on any atom is -1.00 e. The van der Waals surface area contributed by atoms with Crippen LogP contribution in [0, 0.1) is 0 Å². The average Bonchev–Trinajstić information content (AvgIpc) is 3.70. The Bertz CT molecular complexity index is 2010. The number of benzene rings is 6. The number of fused-ring (bicyclic) bond motifs is 8. The Balaban J connectivity index is 0.00000171. The standard InChI is InChI=1S/C21H13.C15H14.C5H5.2ClH.Zr/c1-2-8-15-14(7-1)13-20-18-11-4-3-9-16(18)17-10-5-6-12-19(17)21(15)20;1-3-8-14(9-4-1)12-7-13-15-10-5-2-6-11-15;1-2-4-5-3-1;;;/h1-13H;1-6,8-11H,12-13H2;1-3H,4H2;2*1H;/q;;;;;+2/p-2. The summed E-state index contributed by atoms with van der Waals surface area (Å²) in [5, 5.41) is 5.59. The Morgan fingerprint density at radius 1 is 0.568 bits per heavy atom. The van der Waals surface area contributed by atoms with Crippen LogP contribution in [0.15, 0.2) is 155 Å². The summed E-state index contributed by atoms with van der Waals surface area (Å²) < 4.78 is 3.96. The molecule has 0 spiro atoms. The molecule has 6 aromatic rings. The van der Waals surface area contributed by atoms with Gasteiger partial charge in [-0.2, -0.15) is 0 Å². The van der Waals surface area contributed by atoms with Crippen LogP contribution in [0.5, 0.6) is 0 Å². The Labute approximate surface area is 280 Å². The second-order valence-corrected chi connectivity index (χ2v) is 18.3. The SMILES string of the molecule is C1=CC[C]([Zr+2](=[C](Cc2ccccc2)Cc2ccccc2)[CH]2c3ccccc3-c3c2c2ccccc2c2ccccc32)=C1.[Cl-].[Cl-]. The average molecular weight is 687 g/mol. The third-order valence-electron chi connectivity index (χ3n) is 9.11. The quantitative estimate of drug-likeness (QED) is 0.231. The first kappa shape index (κ1) is 30.7. The van der Waals surface area contributed by atoms with E-state index in [1.807, 2.05) is 0 Å². The van der Waals surface area contributed by atoms with Gasteiger partial charge in [-0.25, -0.2) is 0 Å². The maximum absolute atomic E-state index is 2.58. The van der Waals surface area contributed by atoms with Crippen molar-refractivity contribution < 1.29 is 46.1 Å². The van der Waals surface area contributed by atoms with Gasteiger partial charge in [-0.15, -0.1) is 0 Å². The van der Waals surface area contributed by atoms with Crippen LogP contribution in [-0.2, 0) is 34.1 Å². The summed E-state index contributed by atoms with van der Waals surface area (Å²) in [6, 6.07) is 50.1. The summed E-state index contributed by atoms with van der Waals surface area (Å²) in [6.07, 6.45) is 10.4. The Morgan fingerprint density at radius 3 is 1.70 bits per heavy atom. The largest absolute Gasteiger partial charge is 1.00 e. The zero-order valence-electron chi connectivity index (χ0n) is 24.4. The van der Waals surface area contributed by atoms with Gasteiger partial charge in [-0.3, -0.25) is 0 Å². The predicted molar refractivity (Wildman–Crippen MR) is 176 cm³/mol. The number of rotatable bonds is 6. The molecule has 1 unspecified atom stereocenters. The van der Waals surface area contributed by atoms with E-state index in [-0.39, 0.29) is 24.8 Å². The Kier molecular flexibility index (Phi) is 9.30. The molecule has 1 atom stereocenters. The molecule has 0 amide bonds. The third-order valence-corrected chi connectivity index (χ3v) is 17.4. The van der Waals surface area contributed by atoms with Crippen LogP contribution < -0.4 is 24.8 Å². The maximum Gasteiger partial charge on any atom is -1.00 e. The molecule has 0 saturated carbocycles.